The van der Waals surface area contributed by atoms with Gasteiger partial charge in [0.25, 0.3) is 0 Å². The molecule has 0 spiro atoms. The first-order chi connectivity index (χ1) is 9.08. The van der Waals surface area contributed by atoms with Gasteiger partial charge in [-0.3, -0.25) is 4.79 Å². The van der Waals surface area contributed by atoms with Crippen LogP contribution in [-0.4, -0.2) is 35.1 Å². The van der Waals surface area contributed by atoms with E-state index in [1.807, 2.05) is 24.8 Å². The number of carbonyl (C=O) groups is 1. The SMILES string of the molecule is CC(Cc1cccs1)C(=O)N1CCCC(C(C)O)C1. The number of rotatable bonds is 4. The molecule has 1 N–H and O–H groups in total. The van der Waals surface area contributed by atoms with E-state index >= 15 is 0 Å². The van der Waals surface area contributed by atoms with Crippen molar-refractivity contribution in [2.24, 2.45) is 11.8 Å². The Morgan fingerprint density at radius 3 is 3.00 bits per heavy atom. The largest absolute Gasteiger partial charge is 0.393 e. The van der Waals surface area contributed by atoms with Gasteiger partial charge in [-0.15, -0.1) is 11.3 Å². The monoisotopic (exact) mass is 281 g/mol. The lowest BCUT2D eigenvalue weighted by Crippen LogP contribution is -2.45. The summed E-state index contributed by atoms with van der Waals surface area (Å²) in [5.74, 6) is 0.511. The van der Waals surface area contributed by atoms with Crippen molar-refractivity contribution in [3.05, 3.63) is 22.4 Å². The molecule has 19 heavy (non-hydrogen) atoms. The second-order valence-electron chi connectivity index (χ2n) is 5.61. The summed E-state index contributed by atoms with van der Waals surface area (Å²) in [7, 11) is 0. The summed E-state index contributed by atoms with van der Waals surface area (Å²) in [6, 6.07) is 4.12. The van der Waals surface area contributed by atoms with Crippen molar-refractivity contribution in [2.45, 2.75) is 39.2 Å². The Hall–Kier alpha value is -0.870. The zero-order valence-electron chi connectivity index (χ0n) is 11.7. The van der Waals surface area contributed by atoms with Gasteiger partial charge < -0.3 is 10.0 Å². The molecule has 1 aromatic heterocycles. The van der Waals surface area contributed by atoms with E-state index in [0.717, 1.165) is 25.8 Å². The molecule has 0 aromatic carbocycles. The third kappa shape index (κ3) is 3.80. The Labute approximate surface area is 119 Å². The van der Waals surface area contributed by atoms with Crippen molar-refractivity contribution in [3.63, 3.8) is 0 Å². The molecule has 1 saturated heterocycles. The van der Waals surface area contributed by atoms with Gasteiger partial charge in [-0.2, -0.15) is 0 Å². The van der Waals surface area contributed by atoms with Gasteiger partial charge in [0.2, 0.25) is 5.91 Å². The molecule has 3 nitrogen and oxygen atoms in total. The van der Waals surface area contributed by atoms with Crippen LogP contribution in [0.4, 0.5) is 0 Å². The number of hydrogen-bond acceptors (Lipinski definition) is 3. The molecule has 1 aliphatic rings. The fraction of sp³-hybridized carbons (Fsp3) is 0.667. The summed E-state index contributed by atoms with van der Waals surface area (Å²) in [6.07, 6.45) is 2.54. The quantitative estimate of drug-likeness (QED) is 0.921. The number of amides is 1. The van der Waals surface area contributed by atoms with Crippen molar-refractivity contribution in [2.75, 3.05) is 13.1 Å². The Bertz CT molecular complexity index is 402. The van der Waals surface area contributed by atoms with Gasteiger partial charge in [0, 0.05) is 29.8 Å². The molecule has 1 aromatic rings. The molecule has 0 aliphatic carbocycles. The van der Waals surface area contributed by atoms with Crippen molar-refractivity contribution in [3.8, 4) is 0 Å². The molecule has 1 fully saturated rings. The van der Waals surface area contributed by atoms with E-state index in [0.29, 0.717) is 6.54 Å². The van der Waals surface area contributed by atoms with Crippen molar-refractivity contribution < 1.29 is 9.90 Å². The Morgan fingerprint density at radius 2 is 2.37 bits per heavy atom. The van der Waals surface area contributed by atoms with Crippen LogP contribution in [0.15, 0.2) is 17.5 Å². The van der Waals surface area contributed by atoms with Crippen molar-refractivity contribution >= 4 is 17.2 Å². The fourth-order valence-corrected chi connectivity index (χ4v) is 3.57. The standard InChI is InChI=1S/C15H23NO2S/c1-11(9-14-6-4-8-19-14)15(18)16-7-3-5-13(10-16)12(2)17/h4,6,8,11-13,17H,3,5,7,9-10H2,1-2H3. The number of thiophene rings is 1. The summed E-state index contributed by atoms with van der Waals surface area (Å²) in [6.45, 7) is 5.39. The van der Waals surface area contributed by atoms with Crippen LogP contribution in [0.5, 0.6) is 0 Å². The molecule has 1 amide bonds. The Balaban J connectivity index is 1.91. The van der Waals surface area contributed by atoms with Crippen LogP contribution in [0.2, 0.25) is 0 Å². The van der Waals surface area contributed by atoms with Crippen LogP contribution in [0.1, 0.15) is 31.6 Å². The smallest absolute Gasteiger partial charge is 0.225 e. The van der Waals surface area contributed by atoms with Crippen LogP contribution in [0.25, 0.3) is 0 Å². The lowest BCUT2D eigenvalue weighted by Gasteiger charge is -2.35. The van der Waals surface area contributed by atoms with Gasteiger partial charge in [-0.1, -0.05) is 13.0 Å². The highest BCUT2D eigenvalue weighted by molar-refractivity contribution is 7.09. The number of piperidine rings is 1. The maximum Gasteiger partial charge on any atom is 0.225 e. The van der Waals surface area contributed by atoms with Gasteiger partial charge >= 0.3 is 0 Å². The second kappa shape index (κ2) is 6.53. The highest BCUT2D eigenvalue weighted by atomic mass is 32.1. The van der Waals surface area contributed by atoms with E-state index in [2.05, 4.69) is 11.4 Å². The molecule has 0 radical (unpaired) electrons. The fourth-order valence-electron chi connectivity index (χ4n) is 2.73. The topological polar surface area (TPSA) is 40.5 Å². The average Bonchev–Trinajstić information content (AvgIpc) is 2.90. The zero-order chi connectivity index (χ0) is 13.8. The summed E-state index contributed by atoms with van der Waals surface area (Å²) in [5.41, 5.74) is 0. The molecule has 2 heterocycles. The summed E-state index contributed by atoms with van der Waals surface area (Å²) in [5, 5.41) is 11.7. The predicted molar refractivity (Wildman–Crippen MR) is 78.2 cm³/mol. The Kier molecular flexibility index (Phi) is 4.99. The molecule has 2 rings (SSSR count). The summed E-state index contributed by atoms with van der Waals surface area (Å²) < 4.78 is 0. The predicted octanol–water partition coefficient (Wildman–Crippen LogP) is 2.55. The van der Waals surface area contributed by atoms with E-state index in [9.17, 15) is 9.90 Å². The molecule has 3 unspecified atom stereocenters. The molecular weight excluding hydrogens is 258 g/mol. The zero-order valence-corrected chi connectivity index (χ0v) is 12.5. The second-order valence-corrected chi connectivity index (χ2v) is 6.64. The molecule has 0 bridgehead atoms. The van der Waals surface area contributed by atoms with Gasteiger partial charge in [-0.05, 0) is 37.6 Å². The summed E-state index contributed by atoms with van der Waals surface area (Å²) in [4.78, 5) is 15.7. The molecular formula is C15H23NO2S. The number of aliphatic hydroxyl groups is 1. The van der Waals surface area contributed by atoms with Crippen LogP contribution >= 0.6 is 11.3 Å². The minimum Gasteiger partial charge on any atom is -0.393 e. The van der Waals surface area contributed by atoms with E-state index < -0.39 is 0 Å². The first kappa shape index (κ1) is 14.5. The Morgan fingerprint density at radius 1 is 1.58 bits per heavy atom. The maximum atomic E-state index is 12.4. The van der Waals surface area contributed by atoms with Crippen LogP contribution < -0.4 is 0 Å². The van der Waals surface area contributed by atoms with Crippen LogP contribution in [0.3, 0.4) is 0 Å². The molecule has 106 valence electrons. The van der Waals surface area contributed by atoms with Gasteiger partial charge in [-0.25, -0.2) is 0 Å². The maximum absolute atomic E-state index is 12.4. The normalized spacial score (nSPS) is 23.1. The highest BCUT2D eigenvalue weighted by Crippen LogP contribution is 2.23. The van der Waals surface area contributed by atoms with Crippen LogP contribution in [-0.2, 0) is 11.2 Å². The van der Waals surface area contributed by atoms with E-state index in [-0.39, 0.29) is 23.8 Å². The lowest BCUT2D eigenvalue weighted by atomic mass is 9.92. The van der Waals surface area contributed by atoms with E-state index in [1.54, 1.807) is 11.3 Å². The molecule has 0 saturated carbocycles. The number of hydrogen-bond donors (Lipinski definition) is 1. The van der Waals surface area contributed by atoms with Crippen molar-refractivity contribution in [1.82, 2.24) is 4.90 Å². The van der Waals surface area contributed by atoms with Crippen LogP contribution in [0, 0.1) is 11.8 Å². The highest BCUT2D eigenvalue weighted by Gasteiger charge is 2.28. The molecule has 1 aliphatic heterocycles. The molecule has 3 atom stereocenters. The minimum absolute atomic E-state index is 0.0337. The lowest BCUT2D eigenvalue weighted by molar-refractivity contribution is -0.137. The minimum atomic E-state index is -0.316. The first-order valence-corrected chi connectivity index (χ1v) is 7.95. The third-order valence-electron chi connectivity index (χ3n) is 3.96. The van der Waals surface area contributed by atoms with Crippen molar-refractivity contribution in [1.29, 1.82) is 0 Å². The third-order valence-corrected chi connectivity index (χ3v) is 4.86. The van der Waals surface area contributed by atoms with Gasteiger partial charge in [0.15, 0.2) is 0 Å². The number of nitrogens with zero attached hydrogens (tertiary/aromatic N) is 1. The van der Waals surface area contributed by atoms with E-state index in [4.69, 9.17) is 0 Å². The number of aliphatic hydroxyl groups excluding tert-OH is 1. The van der Waals surface area contributed by atoms with E-state index in [1.165, 1.54) is 4.88 Å². The van der Waals surface area contributed by atoms with Gasteiger partial charge in [0.1, 0.15) is 0 Å². The molecule has 4 heteroatoms. The van der Waals surface area contributed by atoms with Gasteiger partial charge in [0.05, 0.1) is 6.10 Å². The first-order valence-electron chi connectivity index (χ1n) is 7.07. The summed E-state index contributed by atoms with van der Waals surface area (Å²) >= 11 is 1.71. The number of likely N-dealkylation sites (tertiary alicyclic amines) is 1. The average molecular weight is 281 g/mol. The number of carbonyl (C=O) groups excluding carboxylic acids is 1.